The van der Waals surface area contributed by atoms with Crippen LogP contribution in [0.4, 0.5) is 5.13 Å². The quantitative estimate of drug-likeness (QED) is 0.490. The number of hydrogen-bond acceptors (Lipinski definition) is 8. The zero-order valence-corrected chi connectivity index (χ0v) is 17.3. The van der Waals surface area contributed by atoms with Crippen molar-refractivity contribution in [3.05, 3.63) is 48.0 Å². The first kappa shape index (κ1) is 18.1. The molecule has 0 aliphatic carbocycles. The minimum atomic E-state index is -0.152. The summed E-state index contributed by atoms with van der Waals surface area (Å²) < 4.78 is 10.5. The maximum absolute atomic E-state index is 12.7. The van der Waals surface area contributed by atoms with E-state index in [2.05, 4.69) is 15.2 Å². The molecule has 1 unspecified atom stereocenters. The fraction of sp³-hybridized carbons (Fsp3) is 0.200. The predicted octanol–water partition coefficient (Wildman–Crippen LogP) is 3.99. The van der Waals surface area contributed by atoms with Crippen LogP contribution in [0.2, 0.25) is 0 Å². The second-order valence-corrected chi connectivity index (χ2v) is 8.46. The van der Waals surface area contributed by atoms with Gasteiger partial charge in [0.2, 0.25) is 11.0 Å². The highest BCUT2D eigenvalue weighted by Gasteiger charge is 2.36. The highest BCUT2D eigenvalue weighted by Crippen LogP contribution is 2.44. The van der Waals surface area contributed by atoms with Gasteiger partial charge in [0.25, 0.3) is 0 Å². The minimum absolute atomic E-state index is 0.0125. The van der Waals surface area contributed by atoms with Gasteiger partial charge in [0, 0.05) is 5.39 Å². The van der Waals surface area contributed by atoms with Crippen molar-refractivity contribution in [2.75, 3.05) is 24.9 Å². The molecule has 1 saturated heterocycles. The van der Waals surface area contributed by atoms with E-state index in [0.29, 0.717) is 16.6 Å². The summed E-state index contributed by atoms with van der Waals surface area (Å²) in [6.45, 7) is 0. The maximum atomic E-state index is 12.7. The predicted molar refractivity (Wildman–Crippen MR) is 114 cm³/mol. The summed E-state index contributed by atoms with van der Waals surface area (Å²) in [6.07, 6.45) is 0. The lowest BCUT2D eigenvalue weighted by Crippen LogP contribution is -2.28. The fourth-order valence-corrected chi connectivity index (χ4v) is 5.49. The second-order valence-electron chi connectivity index (χ2n) is 6.43. The number of aromatic nitrogens is 3. The van der Waals surface area contributed by atoms with Crippen LogP contribution in [0, 0.1) is 0 Å². The summed E-state index contributed by atoms with van der Waals surface area (Å²) in [5.41, 5.74) is 2.56. The highest BCUT2D eigenvalue weighted by atomic mass is 32.2. The van der Waals surface area contributed by atoms with Gasteiger partial charge in [-0.25, -0.2) is 4.98 Å². The topological polar surface area (TPSA) is 77.4 Å². The Balaban J connectivity index is 1.56. The molecule has 3 aliphatic heterocycles. The van der Waals surface area contributed by atoms with Crippen LogP contribution in [-0.4, -0.2) is 41.1 Å². The molecule has 9 heteroatoms. The van der Waals surface area contributed by atoms with Gasteiger partial charge in [-0.05, 0) is 35.9 Å². The van der Waals surface area contributed by atoms with Crippen molar-refractivity contribution in [1.29, 1.82) is 0 Å². The standard InChI is InChI=1S/C20H16N4O3S2/c1-26-12-5-3-11(4-6-12)19-24(16(25)10-28-19)20-23-22-17-14-9-13(27-2)7-8-15(14)21-18(17)29-20/h3-9,19H,10H2,1-2H3. The number of fused-ring (bicyclic) bond motifs is 3. The molecular weight excluding hydrogens is 408 g/mol. The van der Waals surface area contributed by atoms with Gasteiger partial charge in [0.15, 0.2) is 0 Å². The largest absolute Gasteiger partial charge is 0.497 e. The van der Waals surface area contributed by atoms with Crippen molar-refractivity contribution in [3.63, 3.8) is 0 Å². The van der Waals surface area contributed by atoms with Crippen LogP contribution in [-0.2, 0) is 4.79 Å². The third-order valence-electron chi connectivity index (χ3n) is 4.78. The fourth-order valence-electron chi connectivity index (χ4n) is 3.32. The van der Waals surface area contributed by atoms with Crippen molar-refractivity contribution in [2.45, 2.75) is 5.37 Å². The van der Waals surface area contributed by atoms with Gasteiger partial charge in [0.05, 0.1) is 25.5 Å². The molecule has 1 amide bonds. The number of anilines is 1. The Morgan fingerprint density at radius 3 is 2.55 bits per heavy atom. The Hall–Kier alpha value is -2.91. The third-order valence-corrected chi connectivity index (χ3v) is 6.93. The molecule has 7 nitrogen and oxygen atoms in total. The molecule has 3 aliphatic rings. The number of carbonyl (C=O) groups is 1. The van der Waals surface area contributed by atoms with Crippen molar-refractivity contribution in [3.8, 4) is 22.2 Å². The van der Waals surface area contributed by atoms with Crippen LogP contribution in [0.1, 0.15) is 10.9 Å². The van der Waals surface area contributed by atoms with Gasteiger partial charge >= 0.3 is 0 Å². The number of methoxy groups -OCH3 is 2. The van der Waals surface area contributed by atoms with Crippen LogP contribution in [0.15, 0.2) is 42.5 Å². The molecule has 0 radical (unpaired) electrons. The van der Waals surface area contributed by atoms with E-state index in [9.17, 15) is 4.79 Å². The van der Waals surface area contributed by atoms with E-state index in [0.717, 1.165) is 33.0 Å². The highest BCUT2D eigenvalue weighted by molar-refractivity contribution is 8.00. The smallest absolute Gasteiger partial charge is 0.240 e. The van der Waals surface area contributed by atoms with Crippen LogP contribution in [0.25, 0.3) is 21.6 Å². The summed E-state index contributed by atoms with van der Waals surface area (Å²) in [5.74, 6) is 1.94. The Kier molecular flexibility index (Phi) is 4.48. The van der Waals surface area contributed by atoms with E-state index < -0.39 is 0 Å². The van der Waals surface area contributed by atoms with Crippen LogP contribution in [0.3, 0.4) is 0 Å². The van der Waals surface area contributed by atoms with Gasteiger partial charge in [-0.15, -0.1) is 22.0 Å². The zero-order valence-electron chi connectivity index (χ0n) is 15.7. The molecule has 3 heterocycles. The third kappa shape index (κ3) is 3.06. The van der Waals surface area contributed by atoms with Crippen LogP contribution in [0.5, 0.6) is 11.5 Å². The number of amides is 1. The van der Waals surface area contributed by atoms with E-state index in [1.807, 2.05) is 42.5 Å². The van der Waals surface area contributed by atoms with Gasteiger partial charge in [-0.1, -0.05) is 23.5 Å². The Labute approximate surface area is 175 Å². The first-order valence-corrected chi connectivity index (χ1v) is 10.7. The van der Waals surface area contributed by atoms with Crippen molar-refractivity contribution in [1.82, 2.24) is 15.2 Å². The first-order chi connectivity index (χ1) is 14.2. The number of hydrogen-bond donors (Lipinski definition) is 0. The molecule has 5 rings (SSSR count). The molecule has 0 bridgehead atoms. The lowest BCUT2D eigenvalue weighted by molar-refractivity contribution is -0.115. The van der Waals surface area contributed by atoms with Crippen molar-refractivity contribution >= 4 is 45.0 Å². The van der Waals surface area contributed by atoms with Crippen LogP contribution < -0.4 is 14.4 Å². The molecule has 0 N–H and O–H groups in total. The molecule has 1 fully saturated rings. The molecular formula is C20H16N4O3S2. The number of nitrogens with zero attached hydrogens (tertiary/aromatic N) is 4. The summed E-state index contributed by atoms with van der Waals surface area (Å²) >= 11 is 2.95. The van der Waals surface area contributed by atoms with Crippen molar-refractivity contribution in [2.24, 2.45) is 0 Å². The van der Waals surface area contributed by atoms with Gasteiger partial charge < -0.3 is 9.47 Å². The van der Waals surface area contributed by atoms with E-state index in [1.165, 1.54) is 11.3 Å². The lowest BCUT2D eigenvalue weighted by atomic mass is 10.2. The molecule has 146 valence electrons. The molecule has 1 atom stereocenters. The average molecular weight is 425 g/mol. The summed E-state index contributed by atoms with van der Waals surface area (Å²) in [4.78, 5) is 19.0. The van der Waals surface area contributed by atoms with Crippen LogP contribution >= 0.6 is 23.1 Å². The van der Waals surface area contributed by atoms with E-state index >= 15 is 0 Å². The zero-order chi connectivity index (χ0) is 20.0. The Bertz CT molecular complexity index is 1180. The molecule has 0 spiro atoms. The minimum Gasteiger partial charge on any atom is -0.497 e. The molecule has 29 heavy (non-hydrogen) atoms. The first-order valence-electron chi connectivity index (χ1n) is 8.86. The molecule has 2 aromatic carbocycles. The lowest BCUT2D eigenvalue weighted by Gasteiger charge is -2.22. The number of benzene rings is 2. The summed E-state index contributed by atoms with van der Waals surface area (Å²) in [7, 11) is 3.26. The van der Waals surface area contributed by atoms with E-state index in [1.54, 1.807) is 30.9 Å². The summed E-state index contributed by atoms with van der Waals surface area (Å²) in [6, 6.07) is 13.4. The normalized spacial score (nSPS) is 16.7. The van der Waals surface area contributed by atoms with Gasteiger partial charge in [-0.2, -0.15) is 0 Å². The summed E-state index contributed by atoms with van der Waals surface area (Å²) in [5, 5.41) is 10.8. The Morgan fingerprint density at radius 2 is 1.79 bits per heavy atom. The van der Waals surface area contributed by atoms with Gasteiger partial charge in [-0.3, -0.25) is 9.69 Å². The average Bonchev–Trinajstić information content (AvgIpc) is 3.32. The van der Waals surface area contributed by atoms with Gasteiger partial charge in [0.1, 0.15) is 27.6 Å². The molecule has 2 aromatic rings. The number of thioether (sulfide) groups is 1. The number of rotatable bonds is 4. The van der Waals surface area contributed by atoms with Crippen molar-refractivity contribution < 1.29 is 14.3 Å². The number of carbonyl (C=O) groups excluding carboxylic acids is 1. The molecule has 0 saturated carbocycles. The number of ether oxygens (including phenoxy) is 2. The molecule has 0 aromatic heterocycles. The van der Waals surface area contributed by atoms with E-state index in [4.69, 9.17) is 9.47 Å². The maximum Gasteiger partial charge on any atom is 0.240 e. The second kappa shape index (κ2) is 7.16. The SMILES string of the molecule is COc1ccc(C2SCC(=O)N2c2nnc3c4cc(OC)ccc4nc-3s2)cc1. The van der Waals surface area contributed by atoms with E-state index in [-0.39, 0.29) is 11.3 Å². The Morgan fingerprint density at radius 1 is 1.03 bits per heavy atom. The monoisotopic (exact) mass is 424 g/mol.